The summed E-state index contributed by atoms with van der Waals surface area (Å²) in [6.07, 6.45) is 4.72. The lowest BCUT2D eigenvalue weighted by atomic mass is 10.2. The molecule has 0 spiro atoms. The van der Waals surface area contributed by atoms with Gasteiger partial charge in [-0.15, -0.1) is 5.10 Å². The molecule has 118 valence electrons. The zero-order chi connectivity index (χ0) is 15.7. The van der Waals surface area contributed by atoms with Crippen LogP contribution in [0.25, 0.3) is 11.2 Å². The highest BCUT2D eigenvalue weighted by Gasteiger charge is 2.32. The molecule has 2 aromatic rings. The molecule has 8 heteroatoms. The Hall–Kier alpha value is -2.25. The number of ether oxygens (including phenoxy) is 1. The van der Waals surface area contributed by atoms with Crippen LogP contribution in [0.2, 0.25) is 0 Å². The minimum absolute atomic E-state index is 0.0507. The number of amides is 1. The fourth-order valence-electron chi connectivity index (χ4n) is 2.64. The predicted octanol–water partition coefficient (Wildman–Crippen LogP) is 1.62. The van der Waals surface area contributed by atoms with Crippen LogP contribution in [0, 0.1) is 0 Å². The van der Waals surface area contributed by atoms with E-state index in [0.717, 1.165) is 12.8 Å². The zero-order valence-electron chi connectivity index (χ0n) is 13.1. The van der Waals surface area contributed by atoms with Crippen molar-refractivity contribution in [2.75, 3.05) is 6.54 Å². The Bertz CT molecular complexity index is 677. The second-order valence-corrected chi connectivity index (χ2v) is 6.47. The van der Waals surface area contributed by atoms with E-state index in [1.807, 2.05) is 20.8 Å². The molecular formula is C14H20N6O2. The SMILES string of the molecule is CC(C)(C)OC(=O)N1CCC[C@H]1Cn1nnc2cncnc21. The van der Waals surface area contributed by atoms with E-state index in [1.54, 1.807) is 15.8 Å². The number of hydrogen-bond donors (Lipinski definition) is 0. The van der Waals surface area contributed by atoms with E-state index in [-0.39, 0.29) is 12.1 Å². The second-order valence-electron chi connectivity index (χ2n) is 6.47. The van der Waals surface area contributed by atoms with Crippen LogP contribution >= 0.6 is 0 Å². The quantitative estimate of drug-likeness (QED) is 0.838. The molecule has 1 atom stereocenters. The van der Waals surface area contributed by atoms with Gasteiger partial charge in [0.05, 0.1) is 18.8 Å². The second kappa shape index (κ2) is 5.51. The molecule has 1 aliphatic heterocycles. The minimum atomic E-state index is -0.489. The van der Waals surface area contributed by atoms with E-state index < -0.39 is 5.60 Å². The van der Waals surface area contributed by atoms with Gasteiger partial charge in [-0.05, 0) is 33.6 Å². The Kier molecular flexibility index (Phi) is 3.67. The van der Waals surface area contributed by atoms with Gasteiger partial charge in [0.15, 0.2) is 11.2 Å². The summed E-state index contributed by atoms with van der Waals surface area (Å²) >= 11 is 0. The molecule has 3 rings (SSSR count). The van der Waals surface area contributed by atoms with Gasteiger partial charge in [0.2, 0.25) is 0 Å². The fourth-order valence-corrected chi connectivity index (χ4v) is 2.64. The van der Waals surface area contributed by atoms with E-state index in [4.69, 9.17) is 4.74 Å². The topological polar surface area (TPSA) is 86.0 Å². The first kappa shape index (κ1) is 14.7. The molecule has 2 aromatic heterocycles. The first-order valence-electron chi connectivity index (χ1n) is 7.43. The standard InChI is InChI=1S/C14H20N6O2/c1-14(2,3)22-13(21)19-6-4-5-10(19)8-20-12-11(17-18-20)7-15-9-16-12/h7,9-10H,4-6,8H2,1-3H3/t10-/m0/s1. The van der Waals surface area contributed by atoms with Crippen molar-refractivity contribution in [3.8, 4) is 0 Å². The first-order chi connectivity index (χ1) is 10.4. The maximum absolute atomic E-state index is 12.3. The van der Waals surface area contributed by atoms with Crippen LogP contribution in [0.1, 0.15) is 33.6 Å². The van der Waals surface area contributed by atoms with E-state index in [0.29, 0.717) is 24.3 Å². The van der Waals surface area contributed by atoms with Crippen molar-refractivity contribution in [3.05, 3.63) is 12.5 Å². The Labute approximate surface area is 128 Å². The smallest absolute Gasteiger partial charge is 0.410 e. The van der Waals surface area contributed by atoms with E-state index in [2.05, 4.69) is 20.3 Å². The summed E-state index contributed by atoms with van der Waals surface area (Å²) in [6, 6.07) is 0.0507. The zero-order valence-corrected chi connectivity index (χ0v) is 13.1. The molecule has 3 heterocycles. The van der Waals surface area contributed by atoms with E-state index in [9.17, 15) is 4.79 Å². The van der Waals surface area contributed by atoms with E-state index >= 15 is 0 Å². The van der Waals surface area contributed by atoms with Crippen LogP contribution in [0.4, 0.5) is 4.79 Å². The monoisotopic (exact) mass is 304 g/mol. The molecule has 0 unspecified atom stereocenters. The van der Waals surface area contributed by atoms with E-state index in [1.165, 1.54) is 6.33 Å². The average molecular weight is 304 g/mol. The highest BCUT2D eigenvalue weighted by Crippen LogP contribution is 2.22. The van der Waals surface area contributed by atoms with Gasteiger partial charge in [-0.2, -0.15) is 0 Å². The molecule has 1 saturated heterocycles. The fraction of sp³-hybridized carbons (Fsp3) is 0.643. The van der Waals surface area contributed by atoms with Gasteiger partial charge in [0.1, 0.15) is 11.9 Å². The summed E-state index contributed by atoms with van der Waals surface area (Å²) in [5.41, 5.74) is 0.854. The minimum Gasteiger partial charge on any atom is -0.444 e. The van der Waals surface area contributed by atoms with Crippen molar-refractivity contribution in [1.29, 1.82) is 0 Å². The Morgan fingerprint density at radius 2 is 2.27 bits per heavy atom. The number of carbonyl (C=O) groups excluding carboxylic acids is 1. The van der Waals surface area contributed by atoms with Crippen LogP contribution in [-0.2, 0) is 11.3 Å². The molecular weight excluding hydrogens is 284 g/mol. The molecule has 0 aromatic carbocycles. The molecule has 1 aliphatic rings. The lowest BCUT2D eigenvalue weighted by Gasteiger charge is -2.28. The molecule has 0 radical (unpaired) electrons. The number of aromatic nitrogens is 5. The van der Waals surface area contributed by atoms with Crippen molar-refractivity contribution < 1.29 is 9.53 Å². The highest BCUT2D eigenvalue weighted by atomic mass is 16.6. The average Bonchev–Trinajstić information content (AvgIpc) is 3.05. The van der Waals surface area contributed by atoms with Crippen molar-refractivity contribution in [3.63, 3.8) is 0 Å². The lowest BCUT2D eigenvalue weighted by Crippen LogP contribution is -2.41. The first-order valence-corrected chi connectivity index (χ1v) is 7.43. The maximum Gasteiger partial charge on any atom is 0.410 e. The van der Waals surface area contributed by atoms with Crippen molar-refractivity contribution in [2.24, 2.45) is 0 Å². The largest absolute Gasteiger partial charge is 0.444 e. The molecule has 22 heavy (non-hydrogen) atoms. The summed E-state index contributed by atoms with van der Waals surface area (Å²) in [6.45, 7) is 6.89. The molecule has 1 fully saturated rings. The number of rotatable bonds is 2. The summed E-state index contributed by atoms with van der Waals surface area (Å²) in [7, 11) is 0. The van der Waals surface area contributed by atoms with Crippen molar-refractivity contribution >= 4 is 17.3 Å². The molecule has 0 aliphatic carbocycles. The third kappa shape index (κ3) is 3.00. The molecule has 0 N–H and O–H groups in total. The summed E-state index contributed by atoms with van der Waals surface area (Å²) in [5, 5.41) is 8.16. The predicted molar refractivity (Wildman–Crippen MR) is 79.1 cm³/mol. The molecule has 1 amide bonds. The van der Waals surface area contributed by atoms with Gasteiger partial charge >= 0.3 is 6.09 Å². The Morgan fingerprint density at radius 1 is 1.45 bits per heavy atom. The maximum atomic E-state index is 12.3. The third-order valence-corrected chi connectivity index (χ3v) is 3.57. The number of likely N-dealkylation sites (tertiary alicyclic amines) is 1. The van der Waals surface area contributed by atoms with Crippen LogP contribution in [0.15, 0.2) is 12.5 Å². The summed E-state index contributed by atoms with van der Waals surface area (Å²) in [5.74, 6) is 0. The van der Waals surface area contributed by atoms with Crippen molar-refractivity contribution in [2.45, 2.75) is 51.8 Å². The van der Waals surface area contributed by atoms with Gasteiger partial charge in [0, 0.05) is 6.54 Å². The van der Waals surface area contributed by atoms with Gasteiger partial charge in [0.25, 0.3) is 0 Å². The number of fused-ring (bicyclic) bond motifs is 1. The highest BCUT2D eigenvalue weighted by molar-refractivity contribution is 5.69. The van der Waals surface area contributed by atoms with Crippen LogP contribution in [-0.4, -0.2) is 54.1 Å². The van der Waals surface area contributed by atoms with Gasteiger partial charge < -0.3 is 9.64 Å². The van der Waals surface area contributed by atoms with Crippen LogP contribution in [0.3, 0.4) is 0 Å². The summed E-state index contributed by atoms with van der Waals surface area (Å²) < 4.78 is 7.20. The number of nitrogens with zero attached hydrogens (tertiary/aromatic N) is 6. The van der Waals surface area contributed by atoms with Gasteiger partial charge in [-0.25, -0.2) is 19.4 Å². The third-order valence-electron chi connectivity index (χ3n) is 3.57. The number of hydrogen-bond acceptors (Lipinski definition) is 6. The lowest BCUT2D eigenvalue weighted by molar-refractivity contribution is 0.0212. The molecule has 0 saturated carbocycles. The Balaban J connectivity index is 1.75. The summed E-state index contributed by atoms with van der Waals surface area (Å²) in [4.78, 5) is 22.2. The van der Waals surface area contributed by atoms with Gasteiger partial charge in [-0.1, -0.05) is 5.21 Å². The molecule has 8 nitrogen and oxygen atoms in total. The van der Waals surface area contributed by atoms with Gasteiger partial charge in [-0.3, -0.25) is 0 Å². The number of carbonyl (C=O) groups is 1. The Morgan fingerprint density at radius 3 is 3.05 bits per heavy atom. The molecule has 0 bridgehead atoms. The van der Waals surface area contributed by atoms with Crippen LogP contribution in [0.5, 0.6) is 0 Å². The van der Waals surface area contributed by atoms with Crippen molar-refractivity contribution in [1.82, 2.24) is 29.9 Å². The van der Waals surface area contributed by atoms with Crippen LogP contribution < -0.4 is 0 Å². The normalized spacial score (nSPS) is 18.9.